The van der Waals surface area contributed by atoms with E-state index >= 15 is 0 Å². The van der Waals surface area contributed by atoms with Gasteiger partial charge in [0, 0.05) is 19.8 Å². The first kappa shape index (κ1) is 12.0. The van der Waals surface area contributed by atoms with Crippen molar-refractivity contribution in [3.8, 4) is 0 Å². The quantitative estimate of drug-likeness (QED) is 0.739. The van der Waals surface area contributed by atoms with Gasteiger partial charge in [-0.2, -0.15) is 0 Å². The normalized spacial score (nSPS) is 21.4. The number of rotatable bonds is 5. The average Bonchev–Trinajstić information content (AvgIpc) is 2.19. The van der Waals surface area contributed by atoms with Crippen LogP contribution < -0.4 is 0 Å². The van der Waals surface area contributed by atoms with Crippen LogP contribution in [0, 0.1) is 11.3 Å². The van der Waals surface area contributed by atoms with E-state index in [0.717, 1.165) is 32.0 Å². The summed E-state index contributed by atoms with van der Waals surface area (Å²) in [7, 11) is 0. The van der Waals surface area contributed by atoms with Crippen LogP contribution in [0.25, 0.3) is 0 Å². The van der Waals surface area contributed by atoms with E-state index in [-0.39, 0.29) is 5.41 Å². The van der Waals surface area contributed by atoms with Crippen molar-refractivity contribution in [2.24, 2.45) is 11.3 Å². The molecule has 84 valence electrons. The smallest absolute Gasteiger partial charge is 0.0489 e. The van der Waals surface area contributed by atoms with Gasteiger partial charge in [0.1, 0.15) is 0 Å². The predicted octanol–water partition coefficient (Wildman–Crippen LogP) is 2.60. The summed E-state index contributed by atoms with van der Waals surface area (Å²) in [5.41, 5.74) is 0.188. The highest BCUT2D eigenvalue weighted by Crippen LogP contribution is 2.35. The third-order valence-corrected chi connectivity index (χ3v) is 3.38. The van der Waals surface area contributed by atoms with Crippen LogP contribution in [0.5, 0.6) is 0 Å². The van der Waals surface area contributed by atoms with Gasteiger partial charge in [0.2, 0.25) is 0 Å². The summed E-state index contributed by atoms with van der Waals surface area (Å²) in [6.07, 6.45) is 5.79. The lowest BCUT2D eigenvalue weighted by Crippen LogP contribution is -2.33. The first-order valence-electron chi connectivity index (χ1n) is 5.87. The average molecular weight is 200 g/mol. The van der Waals surface area contributed by atoms with Crippen molar-refractivity contribution in [3.63, 3.8) is 0 Å². The van der Waals surface area contributed by atoms with Gasteiger partial charge >= 0.3 is 0 Å². The topological polar surface area (TPSA) is 29.5 Å². The molecule has 0 aromatic heterocycles. The molecule has 1 aliphatic heterocycles. The molecular weight excluding hydrogens is 176 g/mol. The highest BCUT2D eigenvalue weighted by molar-refractivity contribution is 4.81. The molecule has 0 aromatic rings. The van der Waals surface area contributed by atoms with Gasteiger partial charge in [0.15, 0.2) is 0 Å². The molecule has 0 bridgehead atoms. The molecule has 1 fully saturated rings. The first-order valence-corrected chi connectivity index (χ1v) is 5.87. The van der Waals surface area contributed by atoms with Gasteiger partial charge < -0.3 is 9.84 Å². The molecule has 0 amide bonds. The second-order valence-electron chi connectivity index (χ2n) is 5.06. The molecule has 1 aliphatic rings. The molecule has 1 heterocycles. The zero-order valence-corrected chi connectivity index (χ0v) is 9.59. The molecule has 0 atom stereocenters. The van der Waals surface area contributed by atoms with Crippen LogP contribution in [0.1, 0.15) is 46.0 Å². The van der Waals surface area contributed by atoms with E-state index in [1.807, 2.05) is 0 Å². The summed E-state index contributed by atoms with van der Waals surface area (Å²) in [6, 6.07) is 0. The Balaban J connectivity index is 2.29. The number of ether oxygens (including phenoxy) is 1. The van der Waals surface area contributed by atoms with Crippen molar-refractivity contribution < 1.29 is 9.84 Å². The third kappa shape index (κ3) is 3.58. The lowest BCUT2D eigenvalue weighted by molar-refractivity contribution is -0.0221. The zero-order chi connectivity index (χ0) is 10.4. The van der Waals surface area contributed by atoms with Crippen LogP contribution in [-0.2, 0) is 4.74 Å². The van der Waals surface area contributed by atoms with Gasteiger partial charge in [0.05, 0.1) is 0 Å². The maximum atomic E-state index is 9.45. The number of hydrogen-bond acceptors (Lipinski definition) is 2. The molecular formula is C12H24O2. The van der Waals surface area contributed by atoms with Crippen LogP contribution >= 0.6 is 0 Å². The Morgan fingerprint density at radius 2 is 1.93 bits per heavy atom. The minimum atomic E-state index is 0.188. The highest BCUT2D eigenvalue weighted by atomic mass is 16.5. The minimum absolute atomic E-state index is 0.188. The Hall–Kier alpha value is -0.0800. The van der Waals surface area contributed by atoms with E-state index in [1.165, 1.54) is 19.3 Å². The molecule has 0 unspecified atom stereocenters. The summed E-state index contributed by atoms with van der Waals surface area (Å²) in [5.74, 6) is 0.783. The second kappa shape index (κ2) is 5.72. The van der Waals surface area contributed by atoms with E-state index in [4.69, 9.17) is 4.74 Å². The van der Waals surface area contributed by atoms with Crippen molar-refractivity contribution in [3.05, 3.63) is 0 Å². The molecule has 0 saturated carbocycles. The van der Waals surface area contributed by atoms with Crippen LogP contribution in [0.3, 0.4) is 0 Å². The SMILES string of the molecule is CC(C)CCCC1(CO)CCOCC1. The summed E-state index contributed by atoms with van der Waals surface area (Å²) in [6.45, 7) is 6.53. The molecule has 2 nitrogen and oxygen atoms in total. The van der Waals surface area contributed by atoms with Crippen LogP contribution in [-0.4, -0.2) is 24.9 Å². The molecule has 1 saturated heterocycles. The third-order valence-electron chi connectivity index (χ3n) is 3.38. The molecule has 14 heavy (non-hydrogen) atoms. The van der Waals surface area contributed by atoms with Gasteiger partial charge in [-0.15, -0.1) is 0 Å². The minimum Gasteiger partial charge on any atom is -0.396 e. The fourth-order valence-electron chi connectivity index (χ4n) is 2.18. The van der Waals surface area contributed by atoms with Gasteiger partial charge in [0.25, 0.3) is 0 Å². The van der Waals surface area contributed by atoms with Gasteiger partial charge in [-0.1, -0.05) is 26.7 Å². The fraction of sp³-hybridized carbons (Fsp3) is 1.00. The molecule has 0 spiro atoms. The molecule has 0 aliphatic carbocycles. The van der Waals surface area contributed by atoms with E-state index in [0.29, 0.717) is 6.61 Å². The van der Waals surface area contributed by atoms with Crippen LogP contribution in [0.15, 0.2) is 0 Å². The van der Waals surface area contributed by atoms with Crippen molar-refractivity contribution in [2.45, 2.75) is 46.0 Å². The van der Waals surface area contributed by atoms with Crippen molar-refractivity contribution in [1.29, 1.82) is 0 Å². The molecule has 1 N–H and O–H groups in total. The van der Waals surface area contributed by atoms with Crippen LogP contribution in [0.2, 0.25) is 0 Å². The van der Waals surface area contributed by atoms with Gasteiger partial charge in [-0.25, -0.2) is 0 Å². The summed E-state index contributed by atoms with van der Waals surface area (Å²) < 4.78 is 5.34. The summed E-state index contributed by atoms with van der Waals surface area (Å²) >= 11 is 0. The van der Waals surface area contributed by atoms with Gasteiger partial charge in [-0.05, 0) is 30.6 Å². The fourth-order valence-corrected chi connectivity index (χ4v) is 2.18. The predicted molar refractivity (Wildman–Crippen MR) is 58.3 cm³/mol. The zero-order valence-electron chi connectivity index (χ0n) is 9.59. The summed E-state index contributed by atoms with van der Waals surface area (Å²) in [5, 5.41) is 9.45. The van der Waals surface area contributed by atoms with E-state index in [9.17, 15) is 5.11 Å². The lowest BCUT2D eigenvalue weighted by Gasteiger charge is -2.35. The molecule has 0 aromatic carbocycles. The number of aliphatic hydroxyl groups is 1. The standard InChI is InChI=1S/C12H24O2/c1-11(2)4-3-5-12(10-13)6-8-14-9-7-12/h11,13H,3-10H2,1-2H3. The van der Waals surface area contributed by atoms with Crippen molar-refractivity contribution >= 4 is 0 Å². The monoisotopic (exact) mass is 200 g/mol. The molecule has 1 rings (SSSR count). The Kier molecular flexibility index (Phi) is 4.90. The lowest BCUT2D eigenvalue weighted by atomic mass is 9.76. The first-order chi connectivity index (χ1) is 6.68. The van der Waals surface area contributed by atoms with Crippen LogP contribution in [0.4, 0.5) is 0 Å². The van der Waals surface area contributed by atoms with E-state index in [1.54, 1.807) is 0 Å². The Labute approximate surface area is 87.7 Å². The number of hydrogen-bond donors (Lipinski definition) is 1. The number of aliphatic hydroxyl groups excluding tert-OH is 1. The van der Waals surface area contributed by atoms with E-state index < -0.39 is 0 Å². The highest BCUT2D eigenvalue weighted by Gasteiger charge is 2.31. The Bertz CT molecular complexity index is 148. The summed E-state index contributed by atoms with van der Waals surface area (Å²) in [4.78, 5) is 0. The molecule has 2 heteroatoms. The van der Waals surface area contributed by atoms with Crippen molar-refractivity contribution in [1.82, 2.24) is 0 Å². The molecule has 0 radical (unpaired) electrons. The largest absolute Gasteiger partial charge is 0.396 e. The maximum Gasteiger partial charge on any atom is 0.0489 e. The Morgan fingerprint density at radius 1 is 1.29 bits per heavy atom. The van der Waals surface area contributed by atoms with E-state index in [2.05, 4.69) is 13.8 Å². The second-order valence-corrected chi connectivity index (χ2v) is 5.06. The van der Waals surface area contributed by atoms with Crippen molar-refractivity contribution in [2.75, 3.05) is 19.8 Å². The van der Waals surface area contributed by atoms with Gasteiger partial charge in [-0.3, -0.25) is 0 Å². The maximum absolute atomic E-state index is 9.45. The Morgan fingerprint density at radius 3 is 2.43 bits per heavy atom.